The Morgan fingerprint density at radius 2 is 1.53 bits per heavy atom. The van der Waals surface area contributed by atoms with Crippen LogP contribution in [0.5, 0.6) is 5.75 Å². The van der Waals surface area contributed by atoms with Gasteiger partial charge < -0.3 is 5.11 Å². The molecule has 0 atom stereocenters. The minimum Gasteiger partial charge on any atom is -0.508 e. The number of para-hydroxylation sites is 2. The summed E-state index contributed by atoms with van der Waals surface area (Å²) in [5, 5.41) is 9.80. The lowest BCUT2D eigenvalue weighted by Gasteiger charge is -2.08. The van der Waals surface area contributed by atoms with Gasteiger partial charge in [0.05, 0.1) is 22.1 Å². The second-order valence-electron chi connectivity index (χ2n) is 4.23. The molecule has 0 unspecified atom stereocenters. The molecule has 0 bridgehead atoms. The highest BCUT2D eigenvalue weighted by Gasteiger charge is 2.09. The number of aryl methyl sites for hydroxylation is 1. The van der Waals surface area contributed by atoms with Crippen molar-refractivity contribution in [1.82, 2.24) is 9.97 Å². The highest BCUT2D eigenvalue weighted by atomic mass is 16.3. The number of aromatic hydroxyl groups is 1. The molecule has 3 aromatic rings. The summed E-state index contributed by atoms with van der Waals surface area (Å²) in [5.74, 6) is 0.277. The van der Waals surface area contributed by atoms with Crippen LogP contribution in [0.2, 0.25) is 0 Å². The molecule has 3 rings (SSSR count). The molecule has 0 aliphatic carbocycles. The van der Waals surface area contributed by atoms with Gasteiger partial charge in [-0.15, -0.1) is 0 Å². The van der Waals surface area contributed by atoms with Gasteiger partial charge in [-0.3, -0.25) is 0 Å². The van der Waals surface area contributed by atoms with Gasteiger partial charge in [-0.05, 0) is 37.1 Å². The summed E-state index contributed by atoms with van der Waals surface area (Å²) in [5.41, 5.74) is 5.18. The summed E-state index contributed by atoms with van der Waals surface area (Å²) >= 11 is 0. The molecule has 1 heterocycles. The summed E-state index contributed by atoms with van der Waals surface area (Å²) in [7, 11) is 0. The fourth-order valence-corrected chi connectivity index (χ4v) is 2.00. The third kappa shape index (κ3) is 1.43. The van der Waals surface area contributed by atoms with Gasteiger partial charge in [-0.1, -0.05) is 12.1 Å². The zero-order chi connectivity index (χ0) is 12.0. The van der Waals surface area contributed by atoms with Gasteiger partial charge in [0, 0.05) is 6.07 Å². The Bertz CT molecular complexity index is 735. The Balaban J connectivity index is 2.52. The number of fused-ring (bicyclic) bond motifs is 2. The second kappa shape index (κ2) is 3.42. The van der Waals surface area contributed by atoms with Gasteiger partial charge in [-0.25, -0.2) is 9.97 Å². The van der Waals surface area contributed by atoms with Crippen LogP contribution in [-0.4, -0.2) is 15.1 Å². The maximum Gasteiger partial charge on any atom is 0.121 e. The van der Waals surface area contributed by atoms with E-state index < -0.39 is 0 Å². The quantitative estimate of drug-likeness (QED) is 0.597. The van der Waals surface area contributed by atoms with Crippen LogP contribution in [0.3, 0.4) is 0 Å². The van der Waals surface area contributed by atoms with Gasteiger partial charge in [-0.2, -0.15) is 0 Å². The van der Waals surface area contributed by atoms with Crippen molar-refractivity contribution in [3.8, 4) is 5.75 Å². The van der Waals surface area contributed by atoms with Crippen molar-refractivity contribution < 1.29 is 5.11 Å². The Labute approximate surface area is 98.8 Å². The van der Waals surface area contributed by atoms with E-state index in [4.69, 9.17) is 0 Å². The summed E-state index contributed by atoms with van der Waals surface area (Å²) < 4.78 is 0. The molecule has 1 N–H and O–H groups in total. The number of hydrogen-bond acceptors (Lipinski definition) is 3. The standard InChI is InChI=1S/C14H12N2O/c1-8-9(2)14-12(7-13(8)17)15-10-5-3-4-6-11(10)16-14/h3-7,17H,1-2H3. The van der Waals surface area contributed by atoms with Crippen LogP contribution in [-0.2, 0) is 0 Å². The summed E-state index contributed by atoms with van der Waals surface area (Å²) in [4.78, 5) is 9.12. The summed E-state index contributed by atoms with van der Waals surface area (Å²) in [6, 6.07) is 9.43. The molecule has 2 aromatic carbocycles. The Morgan fingerprint density at radius 3 is 2.24 bits per heavy atom. The highest BCUT2D eigenvalue weighted by Crippen LogP contribution is 2.28. The fraction of sp³-hybridized carbons (Fsp3) is 0.143. The molecule has 0 aliphatic heterocycles. The zero-order valence-electron chi connectivity index (χ0n) is 9.73. The van der Waals surface area contributed by atoms with Crippen LogP contribution in [0.4, 0.5) is 0 Å². The molecule has 17 heavy (non-hydrogen) atoms. The lowest BCUT2D eigenvalue weighted by molar-refractivity contribution is 0.471. The van der Waals surface area contributed by atoms with E-state index in [0.29, 0.717) is 0 Å². The summed E-state index contributed by atoms with van der Waals surface area (Å²) in [6.45, 7) is 3.85. The van der Waals surface area contributed by atoms with Crippen molar-refractivity contribution >= 4 is 22.1 Å². The molecular formula is C14H12N2O. The third-order valence-corrected chi connectivity index (χ3v) is 3.17. The molecule has 3 nitrogen and oxygen atoms in total. The van der Waals surface area contributed by atoms with Crippen molar-refractivity contribution in [3.05, 3.63) is 41.5 Å². The van der Waals surface area contributed by atoms with E-state index in [1.807, 2.05) is 38.1 Å². The molecule has 0 radical (unpaired) electrons. The number of benzene rings is 2. The first-order valence-corrected chi connectivity index (χ1v) is 5.52. The monoisotopic (exact) mass is 224 g/mol. The topological polar surface area (TPSA) is 46.0 Å². The highest BCUT2D eigenvalue weighted by molar-refractivity contribution is 5.89. The minimum atomic E-state index is 0.277. The third-order valence-electron chi connectivity index (χ3n) is 3.17. The molecule has 0 aliphatic rings. The van der Waals surface area contributed by atoms with E-state index in [1.165, 1.54) is 0 Å². The molecule has 84 valence electrons. The fourth-order valence-electron chi connectivity index (χ4n) is 2.00. The molecule has 0 fully saturated rings. The Morgan fingerprint density at radius 1 is 0.882 bits per heavy atom. The van der Waals surface area contributed by atoms with Crippen LogP contribution in [0.15, 0.2) is 30.3 Å². The van der Waals surface area contributed by atoms with E-state index in [9.17, 15) is 5.11 Å². The van der Waals surface area contributed by atoms with Crippen molar-refractivity contribution in [2.45, 2.75) is 13.8 Å². The molecule has 0 saturated heterocycles. The van der Waals surface area contributed by atoms with Crippen LogP contribution in [0.1, 0.15) is 11.1 Å². The maximum atomic E-state index is 9.80. The second-order valence-corrected chi connectivity index (χ2v) is 4.23. The largest absolute Gasteiger partial charge is 0.508 e. The average Bonchev–Trinajstić information content (AvgIpc) is 2.34. The first-order chi connectivity index (χ1) is 8.16. The molecule has 0 spiro atoms. The van der Waals surface area contributed by atoms with E-state index in [1.54, 1.807) is 6.07 Å². The molecular weight excluding hydrogens is 212 g/mol. The molecule has 0 saturated carbocycles. The molecule has 1 aromatic heterocycles. The Kier molecular flexibility index (Phi) is 2.01. The van der Waals surface area contributed by atoms with E-state index in [2.05, 4.69) is 9.97 Å². The zero-order valence-corrected chi connectivity index (χ0v) is 9.73. The SMILES string of the molecule is Cc1c(O)cc2nc3ccccc3nc2c1C. The van der Waals surface area contributed by atoms with Gasteiger partial charge >= 0.3 is 0 Å². The predicted octanol–water partition coefficient (Wildman–Crippen LogP) is 3.11. The lowest BCUT2D eigenvalue weighted by Crippen LogP contribution is -1.92. The van der Waals surface area contributed by atoms with Crippen molar-refractivity contribution in [2.24, 2.45) is 0 Å². The first kappa shape index (κ1) is 10.0. The molecule has 0 amide bonds. The van der Waals surface area contributed by atoms with E-state index >= 15 is 0 Å². The maximum absolute atomic E-state index is 9.80. The van der Waals surface area contributed by atoms with Crippen molar-refractivity contribution in [1.29, 1.82) is 0 Å². The minimum absolute atomic E-state index is 0.277. The predicted molar refractivity (Wildman–Crippen MR) is 68.2 cm³/mol. The van der Waals surface area contributed by atoms with Crippen LogP contribution < -0.4 is 0 Å². The van der Waals surface area contributed by atoms with Crippen LogP contribution >= 0.6 is 0 Å². The number of phenolic OH excluding ortho intramolecular Hbond substituents is 1. The van der Waals surface area contributed by atoms with Gasteiger partial charge in [0.2, 0.25) is 0 Å². The number of nitrogens with zero attached hydrogens (tertiary/aromatic N) is 2. The van der Waals surface area contributed by atoms with Crippen molar-refractivity contribution in [2.75, 3.05) is 0 Å². The average molecular weight is 224 g/mol. The van der Waals surface area contributed by atoms with Crippen LogP contribution in [0, 0.1) is 13.8 Å². The number of rotatable bonds is 0. The lowest BCUT2D eigenvalue weighted by atomic mass is 10.1. The number of aromatic nitrogens is 2. The number of phenols is 1. The normalized spacial score (nSPS) is 11.2. The van der Waals surface area contributed by atoms with E-state index in [-0.39, 0.29) is 5.75 Å². The van der Waals surface area contributed by atoms with Gasteiger partial charge in [0.25, 0.3) is 0 Å². The van der Waals surface area contributed by atoms with Gasteiger partial charge in [0.1, 0.15) is 5.75 Å². The van der Waals surface area contributed by atoms with Gasteiger partial charge in [0.15, 0.2) is 0 Å². The molecule has 3 heteroatoms. The van der Waals surface area contributed by atoms with E-state index in [0.717, 1.165) is 33.2 Å². The first-order valence-electron chi connectivity index (χ1n) is 5.52. The van der Waals surface area contributed by atoms with Crippen molar-refractivity contribution in [3.63, 3.8) is 0 Å². The Hall–Kier alpha value is -2.16. The van der Waals surface area contributed by atoms with Crippen LogP contribution in [0.25, 0.3) is 22.1 Å². The smallest absolute Gasteiger partial charge is 0.121 e. The summed E-state index contributed by atoms with van der Waals surface area (Å²) in [6.07, 6.45) is 0. The number of hydrogen-bond donors (Lipinski definition) is 1.